The number of carbonyl (C=O) groups excluding carboxylic acids is 1. The fraction of sp³-hybridized carbons (Fsp3) is 0.267. The molecule has 0 atom stereocenters. The maximum absolute atomic E-state index is 12.2. The molecule has 0 fully saturated rings. The number of aryl methyl sites for hydroxylation is 1. The Morgan fingerprint density at radius 2 is 1.84 bits per heavy atom. The first-order valence-electron chi connectivity index (χ1n) is 6.00. The normalized spacial score (nSPS) is 10.2. The van der Waals surface area contributed by atoms with Crippen LogP contribution in [0.15, 0.2) is 35.0 Å². The molecule has 3 nitrogen and oxygen atoms in total. The van der Waals surface area contributed by atoms with E-state index in [9.17, 15) is 4.79 Å². The van der Waals surface area contributed by atoms with E-state index in [-0.39, 0.29) is 5.78 Å². The summed E-state index contributed by atoms with van der Waals surface area (Å²) in [5, 5.41) is 4.09. The lowest BCUT2D eigenvalue weighted by atomic mass is 10.0. The molecule has 0 amide bonds. The largest absolute Gasteiger partial charge is 0.497 e. The van der Waals surface area contributed by atoms with Crippen LogP contribution in [0.4, 0.5) is 0 Å². The molecular formula is C15H16O3S. The molecule has 2 aromatic rings. The van der Waals surface area contributed by atoms with Crippen molar-refractivity contribution < 1.29 is 14.3 Å². The molecule has 0 aliphatic heterocycles. The van der Waals surface area contributed by atoms with Crippen molar-refractivity contribution in [3.63, 3.8) is 0 Å². The number of benzene rings is 1. The number of hydrogen-bond acceptors (Lipinski definition) is 4. The van der Waals surface area contributed by atoms with Crippen molar-refractivity contribution in [2.45, 2.75) is 12.8 Å². The van der Waals surface area contributed by atoms with Crippen molar-refractivity contribution in [1.29, 1.82) is 0 Å². The Balaban J connectivity index is 2.09. The van der Waals surface area contributed by atoms with Gasteiger partial charge in [-0.1, -0.05) is 0 Å². The number of carbonyl (C=O) groups is 1. The van der Waals surface area contributed by atoms with Gasteiger partial charge in [-0.25, -0.2) is 0 Å². The molecule has 100 valence electrons. The minimum absolute atomic E-state index is 0.100. The molecule has 0 aliphatic carbocycles. The highest BCUT2D eigenvalue weighted by Gasteiger charge is 2.10. The fourth-order valence-electron chi connectivity index (χ4n) is 1.81. The Hall–Kier alpha value is -1.81. The molecule has 0 unspecified atom stereocenters. The second-order valence-corrected chi connectivity index (χ2v) is 4.94. The van der Waals surface area contributed by atoms with Crippen LogP contribution in [0.25, 0.3) is 0 Å². The van der Waals surface area contributed by atoms with Gasteiger partial charge >= 0.3 is 0 Å². The van der Waals surface area contributed by atoms with Gasteiger partial charge in [-0.15, -0.1) is 0 Å². The minimum atomic E-state index is 0.100. The number of ketones is 1. The van der Waals surface area contributed by atoms with E-state index < -0.39 is 0 Å². The molecule has 0 aliphatic rings. The van der Waals surface area contributed by atoms with Gasteiger partial charge in [0.15, 0.2) is 5.78 Å². The van der Waals surface area contributed by atoms with Crippen LogP contribution in [0, 0.1) is 0 Å². The summed E-state index contributed by atoms with van der Waals surface area (Å²) in [6.45, 7) is 0. The Bertz CT molecular complexity index is 524. The topological polar surface area (TPSA) is 35.5 Å². The molecule has 0 N–H and O–H groups in total. The van der Waals surface area contributed by atoms with Crippen molar-refractivity contribution in [2.75, 3.05) is 14.2 Å². The minimum Gasteiger partial charge on any atom is -0.497 e. The highest BCUT2D eigenvalue weighted by Crippen LogP contribution is 2.23. The number of hydrogen-bond donors (Lipinski definition) is 0. The van der Waals surface area contributed by atoms with E-state index in [1.807, 2.05) is 11.4 Å². The molecule has 0 saturated carbocycles. The molecule has 0 saturated heterocycles. The summed E-state index contributed by atoms with van der Waals surface area (Å²) < 4.78 is 10.3. The van der Waals surface area contributed by atoms with Crippen molar-refractivity contribution in [1.82, 2.24) is 0 Å². The highest BCUT2D eigenvalue weighted by atomic mass is 32.1. The lowest BCUT2D eigenvalue weighted by Crippen LogP contribution is -2.02. The molecule has 0 bridgehead atoms. The Kier molecular flexibility index (Phi) is 4.58. The highest BCUT2D eigenvalue weighted by molar-refractivity contribution is 7.07. The van der Waals surface area contributed by atoms with Gasteiger partial charge in [0, 0.05) is 18.1 Å². The Morgan fingerprint density at radius 3 is 2.37 bits per heavy atom. The predicted octanol–water partition coefficient (Wildman–Crippen LogP) is 3.58. The Morgan fingerprint density at radius 1 is 1.16 bits per heavy atom. The molecule has 2 rings (SSSR count). The van der Waals surface area contributed by atoms with Gasteiger partial charge in [0.05, 0.1) is 14.2 Å². The van der Waals surface area contributed by atoms with E-state index in [1.54, 1.807) is 43.8 Å². The van der Waals surface area contributed by atoms with Crippen LogP contribution in [0.2, 0.25) is 0 Å². The number of thiophene rings is 1. The first kappa shape index (κ1) is 13.6. The quantitative estimate of drug-likeness (QED) is 0.756. The van der Waals surface area contributed by atoms with E-state index >= 15 is 0 Å². The van der Waals surface area contributed by atoms with Crippen LogP contribution >= 0.6 is 11.3 Å². The summed E-state index contributed by atoms with van der Waals surface area (Å²) in [6, 6.07) is 7.30. The second kappa shape index (κ2) is 6.38. The molecule has 1 aromatic carbocycles. The second-order valence-electron chi connectivity index (χ2n) is 4.16. The fourth-order valence-corrected chi connectivity index (χ4v) is 2.51. The van der Waals surface area contributed by atoms with Gasteiger partial charge in [0.25, 0.3) is 0 Å². The number of rotatable bonds is 6. The number of methoxy groups -OCH3 is 2. The third-order valence-corrected chi connectivity index (χ3v) is 3.63. The van der Waals surface area contributed by atoms with Gasteiger partial charge in [0.2, 0.25) is 0 Å². The van der Waals surface area contributed by atoms with Gasteiger partial charge in [-0.3, -0.25) is 4.79 Å². The van der Waals surface area contributed by atoms with Crippen molar-refractivity contribution in [2.24, 2.45) is 0 Å². The maximum Gasteiger partial charge on any atom is 0.163 e. The Labute approximate surface area is 116 Å². The smallest absolute Gasteiger partial charge is 0.163 e. The summed E-state index contributed by atoms with van der Waals surface area (Å²) >= 11 is 1.65. The molecule has 0 radical (unpaired) electrons. The van der Waals surface area contributed by atoms with E-state index in [4.69, 9.17) is 9.47 Å². The van der Waals surface area contributed by atoms with Crippen LogP contribution in [-0.4, -0.2) is 20.0 Å². The molecule has 1 heterocycles. The van der Waals surface area contributed by atoms with Gasteiger partial charge < -0.3 is 9.47 Å². The zero-order chi connectivity index (χ0) is 13.7. The maximum atomic E-state index is 12.2. The summed E-state index contributed by atoms with van der Waals surface area (Å²) in [4.78, 5) is 12.2. The first-order chi connectivity index (χ1) is 9.22. The van der Waals surface area contributed by atoms with Crippen molar-refractivity contribution in [3.05, 3.63) is 46.2 Å². The van der Waals surface area contributed by atoms with Crippen LogP contribution in [-0.2, 0) is 6.42 Å². The molecule has 4 heteroatoms. The van der Waals surface area contributed by atoms with Crippen molar-refractivity contribution in [3.8, 4) is 11.5 Å². The molecule has 0 spiro atoms. The summed E-state index contributed by atoms with van der Waals surface area (Å²) in [5.74, 6) is 1.37. The lowest BCUT2D eigenvalue weighted by molar-refractivity contribution is 0.0982. The standard InChI is InChI=1S/C15H16O3S/c1-17-13-7-12(8-14(9-13)18-2)15(16)4-3-11-5-6-19-10-11/h5-10H,3-4H2,1-2H3. The molecular weight excluding hydrogens is 260 g/mol. The van der Waals surface area contributed by atoms with E-state index in [2.05, 4.69) is 5.38 Å². The lowest BCUT2D eigenvalue weighted by Gasteiger charge is -2.07. The van der Waals surface area contributed by atoms with Crippen LogP contribution < -0.4 is 9.47 Å². The van der Waals surface area contributed by atoms with Crippen LogP contribution in [0.5, 0.6) is 11.5 Å². The van der Waals surface area contributed by atoms with Gasteiger partial charge in [0.1, 0.15) is 11.5 Å². The SMILES string of the molecule is COc1cc(OC)cc(C(=O)CCc2ccsc2)c1. The zero-order valence-electron chi connectivity index (χ0n) is 11.0. The monoisotopic (exact) mass is 276 g/mol. The van der Waals surface area contributed by atoms with E-state index in [1.165, 1.54) is 5.56 Å². The third-order valence-electron chi connectivity index (χ3n) is 2.89. The zero-order valence-corrected chi connectivity index (χ0v) is 11.8. The molecule has 19 heavy (non-hydrogen) atoms. The van der Waals surface area contributed by atoms with Crippen LogP contribution in [0.3, 0.4) is 0 Å². The van der Waals surface area contributed by atoms with E-state index in [0.29, 0.717) is 23.5 Å². The van der Waals surface area contributed by atoms with Gasteiger partial charge in [-0.05, 0) is 40.9 Å². The van der Waals surface area contributed by atoms with Gasteiger partial charge in [-0.2, -0.15) is 11.3 Å². The molecule has 1 aromatic heterocycles. The third kappa shape index (κ3) is 3.58. The van der Waals surface area contributed by atoms with Crippen LogP contribution in [0.1, 0.15) is 22.3 Å². The van der Waals surface area contributed by atoms with Crippen molar-refractivity contribution >= 4 is 17.1 Å². The summed E-state index contributed by atoms with van der Waals surface area (Å²) in [7, 11) is 3.16. The summed E-state index contributed by atoms with van der Waals surface area (Å²) in [5.41, 5.74) is 1.83. The average molecular weight is 276 g/mol. The van der Waals surface area contributed by atoms with E-state index in [0.717, 1.165) is 6.42 Å². The number of ether oxygens (including phenoxy) is 2. The first-order valence-corrected chi connectivity index (χ1v) is 6.94. The average Bonchev–Trinajstić information content (AvgIpc) is 2.97. The predicted molar refractivity (Wildman–Crippen MR) is 76.5 cm³/mol. The number of Topliss-reactive ketones (excluding diaryl/α,β-unsaturated/α-hetero) is 1. The summed E-state index contributed by atoms with van der Waals surface area (Å²) in [6.07, 6.45) is 1.26.